The molecule has 0 saturated carbocycles. The quantitative estimate of drug-likeness (QED) is 0.385. The van der Waals surface area contributed by atoms with Crippen molar-refractivity contribution in [3.63, 3.8) is 0 Å². The molecule has 138 valence electrons. The zero-order valence-corrected chi connectivity index (χ0v) is 18.6. The SMILES string of the molecule is CCN1CCCC(CNC(=NC)NC(C)Cc2ccc(C)s2)C1.I. The molecule has 0 bridgehead atoms. The first-order chi connectivity index (χ1) is 11.1. The summed E-state index contributed by atoms with van der Waals surface area (Å²) in [5.41, 5.74) is 0. The number of hydrogen-bond acceptors (Lipinski definition) is 3. The predicted molar refractivity (Wildman–Crippen MR) is 117 cm³/mol. The maximum absolute atomic E-state index is 4.38. The molecule has 1 fully saturated rings. The third-order valence-corrected chi connectivity index (χ3v) is 5.54. The standard InChI is InChI=1S/C18H32N4S.HI/c1-5-22-10-6-7-16(13-22)12-20-18(19-4)21-14(2)11-17-9-8-15(3)23-17;/h8-9,14,16H,5-7,10-13H2,1-4H3,(H2,19,20,21);1H. The maximum Gasteiger partial charge on any atom is 0.191 e. The topological polar surface area (TPSA) is 39.7 Å². The van der Waals surface area contributed by atoms with Crippen molar-refractivity contribution in [3.8, 4) is 0 Å². The Morgan fingerprint density at radius 1 is 1.46 bits per heavy atom. The minimum atomic E-state index is 0. The molecule has 1 saturated heterocycles. The Morgan fingerprint density at radius 3 is 2.88 bits per heavy atom. The van der Waals surface area contributed by atoms with Gasteiger partial charge in [0.1, 0.15) is 0 Å². The highest BCUT2D eigenvalue weighted by Gasteiger charge is 2.19. The molecule has 2 heterocycles. The zero-order chi connectivity index (χ0) is 16.7. The molecular weight excluding hydrogens is 431 g/mol. The van der Waals surface area contributed by atoms with Crippen LogP contribution >= 0.6 is 35.3 Å². The van der Waals surface area contributed by atoms with Crippen LogP contribution in [0.1, 0.15) is 36.4 Å². The van der Waals surface area contributed by atoms with Gasteiger partial charge in [-0.3, -0.25) is 4.99 Å². The van der Waals surface area contributed by atoms with Crippen LogP contribution in [0.3, 0.4) is 0 Å². The van der Waals surface area contributed by atoms with E-state index < -0.39 is 0 Å². The number of guanidine groups is 1. The Labute approximate surface area is 168 Å². The molecule has 1 aliphatic heterocycles. The van der Waals surface area contributed by atoms with Gasteiger partial charge in [0.25, 0.3) is 0 Å². The number of aliphatic imine (C=N–C) groups is 1. The van der Waals surface area contributed by atoms with Crippen molar-refractivity contribution >= 4 is 41.3 Å². The van der Waals surface area contributed by atoms with Crippen molar-refractivity contribution in [2.45, 2.75) is 46.1 Å². The highest BCUT2D eigenvalue weighted by atomic mass is 127. The number of halogens is 1. The van der Waals surface area contributed by atoms with Crippen molar-refractivity contribution in [2.75, 3.05) is 33.2 Å². The summed E-state index contributed by atoms with van der Waals surface area (Å²) < 4.78 is 0. The molecule has 0 aliphatic carbocycles. The van der Waals surface area contributed by atoms with Gasteiger partial charge in [-0.1, -0.05) is 6.92 Å². The van der Waals surface area contributed by atoms with Gasteiger partial charge in [0.05, 0.1) is 0 Å². The van der Waals surface area contributed by atoms with Crippen molar-refractivity contribution in [2.24, 2.45) is 10.9 Å². The normalized spacial score (nSPS) is 20.3. The summed E-state index contributed by atoms with van der Waals surface area (Å²) in [7, 11) is 1.86. The molecule has 4 nitrogen and oxygen atoms in total. The van der Waals surface area contributed by atoms with E-state index in [1.807, 2.05) is 18.4 Å². The summed E-state index contributed by atoms with van der Waals surface area (Å²) >= 11 is 1.88. The van der Waals surface area contributed by atoms with Crippen LogP contribution < -0.4 is 10.6 Å². The monoisotopic (exact) mass is 464 g/mol. The second-order valence-electron chi connectivity index (χ2n) is 6.62. The lowest BCUT2D eigenvalue weighted by Gasteiger charge is -2.32. The van der Waals surface area contributed by atoms with Gasteiger partial charge in [-0.15, -0.1) is 35.3 Å². The summed E-state index contributed by atoms with van der Waals surface area (Å²) in [6.45, 7) is 11.3. The smallest absolute Gasteiger partial charge is 0.191 e. The van der Waals surface area contributed by atoms with Crippen LogP contribution in [0.15, 0.2) is 17.1 Å². The van der Waals surface area contributed by atoms with Gasteiger partial charge in [-0.2, -0.15) is 0 Å². The molecule has 0 amide bonds. The first-order valence-corrected chi connectivity index (χ1v) is 9.67. The van der Waals surface area contributed by atoms with Crippen LogP contribution in [0.2, 0.25) is 0 Å². The lowest BCUT2D eigenvalue weighted by atomic mass is 9.98. The van der Waals surface area contributed by atoms with Gasteiger partial charge in [0.15, 0.2) is 5.96 Å². The van der Waals surface area contributed by atoms with Gasteiger partial charge in [-0.25, -0.2) is 0 Å². The third kappa shape index (κ3) is 7.27. The second kappa shape index (κ2) is 11.3. The maximum atomic E-state index is 4.38. The summed E-state index contributed by atoms with van der Waals surface area (Å²) in [5, 5.41) is 7.04. The van der Waals surface area contributed by atoms with Crippen LogP contribution in [0.5, 0.6) is 0 Å². The molecule has 0 radical (unpaired) electrons. The predicted octanol–water partition coefficient (Wildman–Crippen LogP) is 3.50. The Morgan fingerprint density at radius 2 is 2.25 bits per heavy atom. The average molecular weight is 464 g/mol. The molecule has 2 unspecified atom stereocenters. The first kappa shape index (κ1) is 21.7. The highest BCUT2D eigenvalue weighted by Crippen LogP contribution is 2.17. The number of nitrogens with one attached hydrogen (secondary N) is 2. The fourth-order valence-electron chi connectivity index (χ4n) is 3.22. The largest absolute Gasteiger partial charge is 0.356 e. The molecule has 1 aromatic rings. The van der Waals surface area contributed by atoms with Gasteiger partial charge >= 0.3 is 0 Å². The Kier molecular flexibility index (Phi) is 10.2. The van der Waals surface area contributed by atoms with Crippen molar-refractivity contribution in [1.29, 1.82) is 0 Å². The van der Waals surface area contributed by atoms with Crippen LogP contribution in [0.4, 0.5) is 0 Å². The van der Waals surface area contributed by atoms with E-state index in [1.54, 1.807) is 0 Å². The second-order valence-corrected chi connectivity index (χ2v) is 7.99. The number of likely N-dealkylation sites (tertiary alicyclic amines) is 1. The van der Waals surface area contributed by atoms with Crippen LogP contribution in [-0.2, 0) is 6.42 Å². The van der Waals surface area contributed by atoms with E-state index in [1.165, 1.54) is 42.2 Å². The van der Waals surface area contributed by atoms with Gasteiger partial charge in [0, 0.05) is 42.4 Å². The Hall–Kier alpha value is -0.340. The summed E-state index contributed by atoms with van der Waals surface area (Å²) in [4.78, 5) is 9.75. The van der Waals surface area contributed by atoms with Crippen LogP contribution in [-0.4, -0.2) is 50.1 Å². The highest BCUT2D eigenvalue weighted by molar-refractivity contribution is 14.0. The minimum Gasteiger partial charge on any atom is -0.356 e. The number of aryl methyl sites for hydroxylation is 1. The molecule has 24 heavy (non-hydrogen) atoms. The van der Waals surface area contributed by atoms with Crippen molar-refractivity contribution < 1.29 is 0 Å². The van der Waals surface area contributed by atoms with E-state index in [2.05, 4.69) is 53.4 Å². The molecule has 0 spiro atoms. The van der Waals surface area contributed by atoms with Crippen LogP contribution in [0.25, 0.3) is 0 Å². The minimum absolute atomic E-state index is 0. The summed E-state index contributed by atoms with van der Waals surface area (Å²) in [6, 6.07) is 4.82. The van der Waals surface area contributed by atoms with E-state index in [9.17, 15) is 0 Å². The summed E-state index contributed by atoms with van der Waals surface area (Å²) in [6.07, 6.45) is 3.69. The van der Waals surface area contributed by atoms with Gasteiger partial charge in [0.2, 0.25) is 0 Å². The van der Waals surface area contributed by atoms with E-state index >= 15 is 0 Å². The zero-order valence-electron chi connectivity index (χ0n) is 15.5. The Balaban J connectivity index is 0.00000288. The lowest BCUT2D eigenvalue weighted by Crippen LogP contribution is -2.47. The lowest BCUT2D eigenvalue weighted by molar-refractivity contribution is 0.183. The molecule has 2 rings (SSSR count). The fourth-order valence-corrected chi connectivity index (χ4v) is 4.24. The molecule has 2 atom stereocenters. The molecule has 0 aromatic carbocycles. The molecule has 1 aliphatic rings. The van der Waals surface area contributed by atoms with Crippen molar-refractivity contribution in [3.05, 3.63) is 21.9 Å². The first-order valence-electron chi connectivity index (χ1n) is 8.85. The third-order valence-electron chi connectivity index (χ3n) is 4.52. The van der Waals surface area contributed by atoms with Crippen LogP contribution in [0, 0.1) is 12.8 Å². The molecule has 2 N–H and O–H groups in total. The van der Waals surface area contributed by atoms with E-state index in [-0.39, 0.29) is 24.0 Å². The number of thiophene rings is 1. The van der Waals surface area contributed by atoms with E-state index in [4.69, 9.17) is 0 Å². The molecule has 1 aromatic heterocycles. The van der Waals surface area contributed by atoms with Gasteiger partial charge < -0.3 is 15.5 Å². The number of nitrogens with zero attached hydrogens (tertiary/aromatic N) is 2. The van der Waals surface area contributed by atoms with E-state index in [0.29, 0.717) is 6.04 Å². The van der Waals surface area contributed by atoms with Gasteiger partial charge in [-0.05, 0) is 57.8 Å². The molecular formula is C18H33IN4S. The average Bonchev–Trinajstić information content (AvgIpc) is 2.96. The molecule has 6 heteroatoms. The van der Waals surface area contributed by atoms with E-state index in [0.717, 1.165) is 24.8 Å². The Bertz CT molecular complexity index is 503. The fraction of sp³-hybridized carbons (Fsp3) is 0.722. The number of piperidine rings is 1. The number of rotatable bonds is 6. The number of hydrogen-bond donors (Lipinski definition) is 2. The summed E-state index contributed by atoms with van der Waals surface area (Å²) in [5.74, 6) is 1.66. The van der Waals surface area contributed by atoms with Crippen molar-refractivity contribution in [1.82, 2.24) is 15.5 Å².